The minimum atomic E-state index is -0.596. The van der Waals surface area contributed by atoms with Gasteiger partial charge in [-0.1, -0.05) is 62.6 Å². The summed E-state index contributed by atoms with van der Waals surface area (Å²) in [6, 6.07) is 0.198. The third kappa shape index (κ3) is 6.56. The van der Waals surface area contributed by atoms with Crippen molar-refractivity contribution in [3.8, 4) is 0 Å². The number of amides is 2. The third-order valence-corrected chi connectivity index (χ3v) is 7.97. The average molecular weight is 489 g/mol. The molecule has 0 unspecified atom stereocenters. The third-order valence-electron chi connectivity index (χ3n) is 7.97. The molecule has 7 heteroatoms. The van der Waals surface area contributed by atoms with Crippen molar-refractivity contribution in [2.75, 3.05) is 27.1 Å². The van der Waals surface area contributed by atoms with Crippen LogP contribution in [-0.4, -0.2) is 51.2 Å². The van der Waals surface area contributed by atoms with E-state index in [-0.39, 0.29) is 42.8 Å². The van der Waals surface area contributed by atoms with Gasteiger partial charge in [0.25, 0.3) is 0 Å². The fraction of sp³-hybridized carbons (Fsp3) is 0.714. The molecule has 35 heavy (non-hydrogen) atoms. The van der Waals surface area contributed by atoms with Gasteiger partial charge in [-0.15, -0.1) is 0 Å². The van der Waals surface area contributed by atoms with Gasteiger partial charge >= 0.3 is 6.09 Å². The van der Waals surface area contributed by atoms with Crippen LogP contribution in [0.5, 0.6) is 0 Å². The summed E-state index contributed by atoms with van der Waals surface area (Å²) in [6.07, 6.45) is 11.6. The molecule has 2 amide bonds. The van der Waals surface area contributed by atoms with Crippen molar-refractivity contribution in [1.82, 2.24) is 10.6 Å². The van der Waals surface area contributed by atoms with Crippen LogP contribution < -0.4 is 10.6 Å². The number of nitrogens with one attached hydrogen (secondary N) is 2. The van der Waals surface area contributed by atoms with E-state index in [9.17, 15) is 9.59 Å². The number of fused-ring (bicyclic) bond motifs is 1. The molecular weight excluding hydrogens is 444 g/mol. The van der Waals surface area contributed by atoms with Crippen molar-refractivity contribution in [2.24, 2.45) is 22.7 Å². The van der Waals surface area contributed by atoms with Crippen molar-refractivity contribution in [3.63, 3.8) is 0 Å². The zero-order valence-corrected chi connectivity index (χ0v) is 22.2. The molecule has 3 rings (SSSR count). The monoisotopic (exact) mass is 488 g/mol. The van der Waals surface area contributed by atoms with Gasteiger partial charge in [0, 0.05) is 31.5 Å². The molecule has 4 atom stereocenters. The van der Waals surface area contributed by atoms with Gasteiger partial charge in [-0.3, -0.25) is 4.79 Å². The molecule has 2 N–H and O–H groups in total. The molecule has 0 bridgehead atoms. The molecule has 0 aromatic rings. The van der Waals surface area contributed by atoms with Gasteiger partial charge in [-0.25, -0.2) is 4.79 Å². The lowest BCUT2D eigenvalue weighted by molar-refractivity contribution is -0.132. The van der Waals surface area contributed by atoms with Crippen LogP contribution in [0.15, 0.2) is 36.0 Å². The van der Waals surface area contributed by atoms with Crippen molar-refractivity contribution in [2.45, 2.75) is 78.4 Å². The van der Waals surface area contributed by atoms with E-state index in [1.807, 2.05) is 20.8 Å². The van der Waals surface area contributed by atoms with Crippen LogP contribution in [-0.2, 0) is 19.0 Å². The zero-order valence-electron chi connectivity index (χ0n) is 22.2. The van der Waals surface area contributed by atoms with E-state index < -0.39 is 10.8 Å². The number of carbonyl (C=O) groups is 2. The molecule has 3 aliphatic rings. The Kier molecular flexibility index (Phi) is 9.22. The fourth-order valence-electron chi connectivity index (χ4n) is 5.72. The summed E-state index contributed by atoms with van der Waals surface area (Å²) in [4.78, 5) is 25.9. The van der Waals surface area contributed by atoms with Crippen LogP contribution in [0.1, 0.15) is 66.2 Å². The Morgan fingerprint density at radius 2 is 1.97 bits per heavy atom. The highest BCUT2D eigenvalue weighted by molar-refractivity contribution is 5.82. The Bertz CT molecular complexity index is 842. The maximum absolute atomic E-state index is 13.0. The molecule has 0 heterocycles. The quantitative estimate of drug-likeness (QED) is 0.260. The molecule has 7 nitrogen and oxygen atoms in total. The first-order chi connectivity index (χ1) is 16.6. The summed E-state index contributed by atoms with van der Waals surface area (Å²) in [7, 11) is 1.60. The Morgan fingerprint density at radius 3 is 2.63 bits per heavy atom. The van der Waals surface area contributed by atoms with Gasteiger partial charge in [0.05, 0.1) is 12.0 Å². The van der Waals surface area contributed by atoms with Crippen LogP contribution in [0.2, 0.25) is 0 Å². The number of hydrogen-bond acceptors (Lipinski definition) is 5. The first-order valence-corrected chi connectivity index (χ1v) is 12.9. The lowest BCUT2D eigenvalue weighted by Crippen LogP contribution is -2.53. The highest BCUT2D eigenvalue weighted by atomic mass is 16.7. The molecule has 0 aromatic carbocycles. The summed E-state index contributed by atoms with van der Waals surface area (Å²) in [6.45, 7) is 12.9. The normalized spacial score (nSPS) is 28.7. The Morgan fingerprint density at radius 1 is 1.26 bits per heavy atom. The van der Waals surface area contributed by atoms with Crippen LogP contribution >= 0.6 is 0 Å². The molecule has 0 saturated heterocycles. The van der Waals surface area contributed by atoms with Crippen LogP contribution in [0.4, 0.5) is 4.79 Å². The van der Waals surface area contributed by atoms with Crippen LogP contribution in [0.3, 0.4) is 0 Å². The molecule has 1 saturated carbocycles. The molecule has 3 aliphatic carbocycles. The molecule has 0 spiro atoms. The number of hydrogen-bond donors (Lipinski definition) is 2. The smallest absolute Gasteiger partial charge is 0.407 e. The van der Waals surface area contributed by atoms with E-state index in [4.69, 9.17) is 14.2 Å². The number of ether oxygens (including phenoxy) is 3. The molecular formula is C28H44N2O5. The maximum atomic E-state index is 13.0. The predicted molar refractivity (Wildman–Crippen MR) is 137 cm³/mol. The van der Waals surface area contributed by atoms with Crippen molar-refractivity contribution in [3.05, 3.63) is 36.0 Å². The average Bonchev–Trinajstić information content (AvgIpc) is 3.30. The molecule has 1 fully saturated rings. The summed E-state index contributed by atoms with van der Waals surface area (Å²) in [5.74, 6) is 0.113. The van der Waals surface area contributed by atoms with Gasteiger partial charge in [0.2, 0.25) is 5.91 Å². The fourth-order valence-corrected chi connectivity index (χ4v) is 5.72. The number of rotatable bonds is 10. The van der Waals surface area contributed by atoms with Gasteiger partial charge in [0.15, 0.2) is 0 Å². The van der Waals surface area contributed by atoms with Crippen molar-refractivity contribution in [1.29, 1.82) is 0 Å². The Labute approximate surface area is 210 Å². The molecule has 196 valence electrons. The minimum absolute atomic E-state index is 0.0125. The standard InChI is InChI=1S/C28H44N2O5/c1-19(2)16-29-25(31)27(4,5)21-11-12-28(17-34-18-33-6)22(15-21)13-20(3)14-24(28)35-26(32)30-23-9-7-8-10-23/h11-13,21-24H,1,7-10,14-18H2,2-6H3,(H,29,31)(H,30,32)/t21-,22+,24+,28+/m1/s1. The second kappa shape index (κ2) is 11.7. The molecule has 0 aromatic heterocycles. The van der Waals surface area contributed by atoms with E-state index in [0.717, 1.165) is 37.7 Å². The van der Waals surface area contributed by atoms with Gasteiger partial charge < -0.3 is 24.8 Å². The minimum Gasteiger partial charge on any atom is -0.445 e. The van der Waals surface area contributed by atoms with Gasteiger partial charge in [-0.05, 0) is 44.9 Å². The van der Waals surface area contributed by atoms with Crippen molar-refractivity contribution < 1.29 is 23.8 Å². The highest BCUT2D eigenvalue weighted by Crippen LogP contribution is 2.52. The summed E-state index contributed by atoms with van der Waals surface area (Å²) >= 11 is 0. The van der Waals surface area contributed by atoms with Gasteiger partial charge in [-0.2, -0.15) is 0 Å². The van der Waals surface area contributed by atoms with E-state index in [1.165, 1.54) is 5.57 Å². The van der Waals surface area contributed by atoms with Crippen LogP contribution in [0, 0.1) is 22.7 Å². The Hall–Kier alpha value is -2.12. The van der Waals surface area contributed by atoms with E-state index in [1.54, 1.807) is 7.11 Å². The second-order valence-electron chi connectivity index (χ2n) is 11.3. The summed E-state index contributed by atoms with van der Waals surface area (Å²) < 4.78 is 17.1. The number of methoxy groups -OCH3 is 1. The lowest BCUT2D eigenvalue weighted by atomic mass is 9.57. The lowest BCUT2D eigenvalue weighted by Gasteiger charge is -2.50. The Balaban J connectivity index is 1.84. The van der Waals surface area contributed by atoms with E-state index >= 15 is 0 Å². The van der Waals surface area contributed by atoms with E-state index in [2.05, 4.69) is 42.4 Å². The highest BCUT2D eigenvalue weighted by Gasteiger charge is 2.52. The van der Waals surface area contributed by atoms with Gasteiger partial charge in [0.1, 0.15) is 12.9 Å². The number of alkyl carbamates (subject to hydrolysis) is 1. The molecule has 0 radical (unpaired) electrons. The molecule has 0 aliphatic heterocycles. The largest absolute Gasteiger partial charge is 0.445 e. The first-order valence-electron chi connectivity index (χ1n) is 12.9. The van der Waals surface area contributed by atoms with E-state index in [0.29, 0.717) is 19.6 Å². The SMILES string of the molecule is C=C(C)CNC(=O)C(C)(C)[C@@H]1C=C[C@@]2(COCOC)[C@@H](OC(=O)NC3CCCC3)CC(C)=C[C@H]2C1. The number of allylic oxidation sites excluding steroid dienone is 2. The summed E-state index contributed by atoms with van der Waals surface area (Å²) in [5.41, 5.74) is 1.01. The zero-order chi connectivity index (χ0) is 25.6. The second-order valence-corrected chi connectivity index (χ2v) is 11.3. The summed E-state index contributed by atoms with van der Waals surface area (Å²) in [5, 5.41) is 6.08. The predicted octanol–water partition coefficient (Wildman–Crippen LogP) is 4.89. The first kappa shape index (κ1) is 27.5. The topological polar surface area (TPSA) is 85.9 Å². The maximum Gasteiger partial charge on any atom is 0.407 e. The van der Waals surface area contributed by atoms with Crippen molar-refractivity contribution >= 4 is 12.0 Å². The number of carbonyl (C=O) groups excluding carboxylic acids is 2. The van der Waals surface area contributed by atoms with Crippen LogP contribution in [0.25, 0.3) is 0 Å².